The summed E-state index contributed by atoms with van der Waals surface area (Å²) in [7, 11) is 0. The third-order valence-electron chi connectivity index (χ3n) is 3.12. The molecule has 7 heteroatoms. The molecule has 0 aliphatic carbocycles. The van der Waals surface area contributed by atoms with Gasteiger partial charge in [0.05, 0.1) is 10.6 Å². The fraction of sp³-hybridized carbons (Fsp3) is 0.143. The maximum absolute atomic E-state index is 12.2. The van der Waals surface area contributed by atoms with E-state index < -0.39 is 0 Å². The van der Waals surface area contributed by atoms with Crippen molar-refractivity contribution in [1.29, 1.82) is 0 Å². The number of nitrogens with zero attached hydrogens (tertiary/aromatic N) is 4. The monoisotopic (exact) mass is 299 g/mol. The van der Waals surface area contributed by atoms with E-state index in [4.69, 9.17) is 0 Å². The summed E-state index contributed by atoms with van der Waals surface area (Å²) < 4.78 is 1.59. The normalized spacial score (nSPS) is 10.6. The molecular formula is C14H13N5OS. The molecule has 3 aromatic rings. The molecule has 1 amide bonds. The van der Waals surface area contributed by atoms with Crippen molar-refractivity contribution >= 4 is 22.9 Å². The molecule has 0 bridgehead atoms. The molecule has 0 aliphatic heterocycles. The van der Waals surface area contributed by atoms with Crippen molar-refractivity contribution in [1.82, 2.24) is 20.2 Å². The fourth-order valence-corrected chi connectivity index (χ4v) is 2.88. The summed E-state index contributed by atoms with van der Waals surface area (Å²) in [5.41, 5.74) is 3.59. The van der Waals surface area contributed by atoms with Gasteiger partial charge in [0.25, 0.3) is 5.91 Å². The zero-order valence-electron chi connectivity index (χ0n) is 11.6. The van der Waals surface area contributed by atoms with E-state index in [0.29, 0.717) is 0 Å². The highest BCUT2D eigenvalue weighted by Gasteiger charge is 2.11. The van der Waals surface area contributed by atoms with E-state index in [1.165, 1.54) is 17.7 Å². The number of carbonyl (C=O) groups excluding carboxylic acids is 1. The maximum Gasteiger partial charge on any atom is 0.265 e. The number of thiophene rings is 1. The van der Waals surface area contributed by atoms with Gasteiger partial charge in [0, 0.05) is 5.69 Å². The highest BCUT2D eigenvalue weighted by molar-refractivity contribution is 7.12. The van der Waals surface area contributed by atoms with E-state index in [9.17, 15) is 4.79 Å². The minimum atomic E-state index is -0.0860. The Bertz CT molecular complexity index is 779. The Balaban J connectivity index is 1.83. The Kier molecular flexibility index (Phi) is 3.49. The van der Waals surface area contributed by atoms with Crippen LogP contribution >= 0.6 is 11.3 Å². The summed E-state index contributed by atoms with van der Waals surface area (Å²) in [5, 5.41) is 15.9. The lowest BCUT2D eigenvalue weighted by Crippen LogP contribution is -2.11. The van der Waals surface area contributed by atoms with E-state index >= 15 is 0 Å². The van der Waals surface area contributed by atoms with Crippen molar-refractivity contribution in [2.75, 3.05) is 5.32 Å². The molecule has 2 heterocycles. The van der Waals surface area contributed by atoms with E-state index in [1.807, 2.05) is 43.5 Å². The first-order chi connectivity index (χ1) is 10.1. The second-order valence-corrected chi connectivity index (χ2v) is 5.56. The summed E-state index contributed by atoms with van der Waals surface area (Å²) in [6, 6.07) is 7.55. The van der Waals surface area contributed by atoms with Gasteiger partial charge in [0.1, 0.15) is 6.33 Å². The predicted octanol–water partition coefficient (Wildman–Crippen LogP) is 2.59. The van der Waals surface area contributed by atoms with Crippen molar-refractivity contribution < 1.29 is 4.79 Å². The van der Waals surface area contributed by atoms with Gasteiger partial charge in [0.2, 0.25) is 0 Å². The molecule has 0 saturated heterocycles. The molecule has 21 heavy (non-hydrogen) atoms. The van der Waals surface area contributed by atoms with Crippen LogP contribution in [0.15, 0.2) is 36.0 Å². The molecule has 3 rings (SSSR count). The van der Waals surface area contributed by atoms with E-state index in [-0.39, 0.29) is 5.91 Å². The fourth-order valence-electron chi connectivity index (χ4n) is 2.06. The Morgan fingerprint density at radius 3 is 2.71 bits per heavy atom. The van der Waals surface area contributed by atoms with Crippen LogP contribution in [0.25, 0.3) is 5.69 Å². The molecule has 0 aliphatic rings. The average Bonchev–Trinajstić information content (AvgIpc) is 3.10. The number of anilines is 1. The summed E-state index contributed by atoms with van der Waals surface area (Å²) >= 11 is 1.44. The average molecular weight is 299 g/mol. The number of tetrazole rings is 1. The number of aryl methyl sites for hydroxylation is 2. The van der Waals surface area contributed by atoms with Gasteiger partial charge in [-0.05, 0) is 65.0 Å². The van der Waals surface area contributed by atoms with Crippen molar-refractivity contribution in [2.24, 2.45) is 0 Å². The first-order valence-electron chi connectivity index (χ1n) is 6.34. The second-order valence-electron chi connectivity index (χ2n) is 4.64. The first-order valence-corrected chi connectivity index (χ1v) is 7.22. The molecule has 0 saturated carbocycles. The number of aromatic nitrogens is 4. The lowest BCUT2D eigenvalue weighted by molar-refractivity contribution is 0.103. The number of hydrogen-bond acceptors (Lipinski definition) is 5. The summed E-state index contributed by atoms with van der Waals surface area (Å²) in [6.45, 7) is 3.88. The highest BCUT2D eigenvalue weighted by Crippen LogP contribution is 2.21. The van der Waals surface area contributed by atoms with Gasteiger partial charge in [-0.25, -0.2) is 4.68 Å². The molecule has 1 aromatic carbocycles. The molecule has 6 nitrogen and oxygen atoms in total. The largest absolute Gasteiger partial charge is 0.321 e. The van der Waals surface area contributed by atoms with Crippen molar-refractivity contribution in [3.63, 3.8) is 0 Å². The van der Waals surface area contributed by atoms with Crippen molar-refractivity contribution in [2.45, 2.75) is 13.8 Å². The summed E-state index contributed by atoms with van der Waals surface area (Å²) in [6.07, 6.45) is 1.54. The Morgan fingerprint density at radius 2 is 2.10 bits per heavy atom. The lowest BCUT2D eigenvalue weighted by Gasteiger charge is -2.09. The quantitative estimate of drug-likeness (QED) is 0.807. The molecule has 0 fully saturated rings. The highest BCUT2D eigenvalue weighted by atomic mass is 32.1. The third kappa shape index (κ3) is 2.68. The standard InChI is InChI=1S/C14H13N5OS/c1-9-5-6-21-13(9)14(20)16-11-3-4-12(10(2)7-11)19-8-15-17-18-19/h3-8H,1-2H3,(H,16,20). The number of nitrogens with one attached hydrogen (secondary N) is 1. The van der Waals surface area contributed by atoms with Gasteiger partial charge in [0.15, 0.2) is 0 Å². The molecule has 0 unspecified atom stereocenters. The third-order valence-corrected chi connectivity index (χ3v) is 4.13. The Hall–Kier alpha value is -2.54. The van der Waals surface area contributed by atoms with Gasteiger partial charge in [-0.2, -0.15) is 0 Å². The number of benzene rings is 1. The minimum absolute atomic E-state index is 0.0860. The second kappa shape index (κ2) is 5.45. The predicted molar refractivity (Wildman–Crippen MR) is 80.9 cm³/mol. The molecule has 0 radical (unpaired) electrons. The van der Waals surface area contributed by atoms with Gasteiger partial charge in [-0.1, -0.05) is 0 Å². The zero-order valence-corrected chi connectivity index (χ0v) is 12.4. The van der Waals surface area contributed by atoms with Crippen molar-refractivity contribution in [3.05, 3.63) is 52.0 Å². The molecule has 0 spiro atoms. The topological polar surface area (TPSA) is 72.7 Å². The number of hydrogen-bond donors (Lipinski definition) is 1. The Labute approximate surface area is 125 Å². The van der Waals surface area contributed by atoms with Crippen LogP contribution in [0.4, 0.5) is 5.69 Å². The van der Waals surface area contributed by atoms with Crippen LogP contribution in [0.1, 0.15) is 20.8 Å². The molecular weight excluding hydrogens is 286 g/mol. The summed E-state index contributed by atoms with van der Waals surface area (Å²) in [5.74, 6) is -0.0860. The zero-order chi connectivity index (χ0) is 14.8. The number of amides is 1. The van der Waals surface area contributed by atoms with E-state index in [1.54, 1.807) is 4.68 Å². The van der Waals surface area contributed by atoms with Crippen LogP contribution in [0.2, 0.25) is 0 Å². The summed E-state index contributed by atoms with van der Waals surface area (Å²) in [4.78, 5) is 12.9. The molecule has 0 atom stereocenters. The molecule has 1 N–H and O–H groups in total. The van der Waals surface area contributed by atoms with Crippen LogP contribution in [-0.4, -0.2) is 26.1 Å². The van der Waals surface area contributed by atoms with Gasteiger partial charge >= 0.3 is 0 Å². The van der Waals surface area contributed by atoms with Gasteiger partial charge in [-0.15, -0.1) is 16.4 Å². The van der Waals surface area contributed by atoms with Crippen LogP contribution in [-0.2, 0) is 0 Å². The number of carbonyl (C=O) groups is 1. The SMILES string of the molecule is Cc1cc(NC(=O)c2sccc2C)ccc1-n1cnnn1. The van der Waals surface area contributed by atoms with E-state index in [0.717, 1.165) is 27.4 Å². The van der Waals surface area contributed by atoms with Crippen LogP contribution < -0.4 is 5.32 Å². The van der Waals surface area contributed by atoms with Crippen LogP contribution in [0.5, 0.6) is 0 Å². The molecule has 106 valence electrons. The molecule has 2 aromatic heterocycles. The van der Waals surface area contributed by atoms with Crippen molar-refractivity contribution in [3.8, 4) is 5.69 Å². The first kappa shape index (κ1) is 13.4. The smallest absolute Gasteiger partial charge is 0.265 e. The van der Waals surface area contributed by atoms with E-state index in [2.05, 4.69) is 20.8 Å². The van der Waals surface area contributed by atoms with Gasteiger partial charge < -0.3 is 5.32 Å². The van der Waals surface area contributed by atoms with Crippen LogP contribution in [0.3, 0.4) is 0 Å². The number of rotatable bonds is 3. The van der Waals surface area contributed by atoms with Crippen LogP contribution in [0, 0.1) is 13.8 Å². The Morgan fingerprint density at radius 1 is 1.24 bits per heavy atom. The lowest BCUT2D eigenvalue weighted by atomic mass is 10.1. The maximum atomic E-state index is 12.2. The minimum Gasteiger partial charge on any atom is -0.321 e. The van der Waals surface area contributed by atoms with Gasteiger partial charge in [-0.3, -0.25) is 4.79 Å².